The van der Waals surface area contributed by atoms with Gasteiger partial charge in [-0.3, -0.25) is 9.59 Å². The molecule has 6 heteroatoms. The Morgan fingerprint density at radius 1 is 1.11 bits per heavy atom. The average molecular weight is 259 g/mol. The fourth-order valence-corrected chi connectivity index (χ4v) is 1.16. The molecule has 0 saturated carbocycles. The highest BCUT2D eigenvalue weighted by atomic mass is 16.5. The molecule has 3 N–H and O–H groups in total. The van der Waals surface area contributed by atoms with E-state index in [-0.39, 0.29) is 18.4 Å². The van der Waals surface area contributed by atoms with Crippen LogP contribution in [0.25, 0.3) is 0 Å². The summed E-state index contributed by atoms with van der Waals surface area (Å²) in [5, 5.41) is 8.40. The number of hydrogen-bond acceptors (Lipinski definition) is 4. The van der Waals surface area contributed by atoms with Gasteiger partial charge in [-0.05, 0) is 5.92 Å². The summed E-state index contributed by atoms with van der Waals surface area (Å²) in [7, 11) is 1.61. The molecule has 0 unspecified atom stereocenters. The Balaban J connectivity index is 3.41. The molecule has 6 nitrogen and oxygen atoms in total. The van der Waals surface area contributed by atoms with Gasteiger partial charge in [0.25, 0.3) is 0 Å². The van der Waals surface area contributed by atoms with Crippen molar-refractivity contribution in [2.45, 2.75) is 20.3 Å². The van der Waals surface area contributed by atoms with E-state index in [9.17, 15) is 9.59 Å². The SMILES string of the molecule is COCCNCC(=O)NCCC(=O)NCC(C)C. The van der Waals surface area contributed by atoms with Crippen molar-refractivity contribution >= 4 is 11.8 Å². The maximum Gasteiger partial charge on any atom is 0.233 e. The smallest absolute Gasteiger partial charge is 0.233 e. The zero-order valence-corrected chi connectivity index (χ0v) is 11.5. The zero-order chi connectivity index (χ0) is 13.8. The first kappa shape index (κ1) is 16.9. The van der Waals surface area contributed by atoms with Gasteiger partial charge < -0.3 is 20.7 Å². The number of carbonyl (C=O) groups excluding carboxylic acids is 2. The first-order valence-electron chi connectivity index (χ1n) is 6.29. The van der Waals surface area contributed by atoms with Crippen molar-refractivity contribution in [2.75, 3.05) is 39.9 Å². The van der Waals surface area contributed by atoms with Crippen molar-refractivity contribution in [3.63, 3.8) is 0 Å². The van der Waals surface area contributed by atoms with Crippen LogP contribution in [0.1, 0.15) is 20.3 Å². The molecule has 0 aliphatic carbocycles. The Bertz CT molecular complexity index is 245. The van der Waals surface area contributed by atoms with E-state index in [1.165, 1.54) is 0 Å². The summed E-state index contributed by atoms with van der Waals surface area (Å²) in [6.07, 6.45) is 0.316. The third-order valence-corrected chi connectivity index (χ3v) is 2.15. The summed E-state index contributed by atoms with van der Waals surface area (Å²) in [5.41, 5.74) is 0. The number of nitrogens with one attached hydrogen (secondary N) is 3. The minimum absolute atomic E-state index is 0.0312. The molecule has 0 spiro atoms. The van der Waals surface area contributed by atoms with Gasteiger partial charge in [0.05, 0.1) is 13.2 Å². The summed E-state index contributed by atoms with van der Waals surface area (Å²) in [6.45, 7) is 6.57. The Morgan fingerprint density at radius 3 is 2.44 bits per heavy atom. The zero-order valence-electron chi connectivity index (χ0n) is 11.5. The predicted molar refractivity (Wildman–Crippen MR) is 70.2 cm³/mol. The van der Waals surface area contributed by atoms with Crippen LogP contribution >= 0.6 is 0 Å². The minimum Gasteiger partial charge on any atom is -0.383 e. The molecular formula is C12H25N3O3. The van der Waals surface area contributed by atoms with Crippen LogP contribution in [0.3, 0.4) is 0 Å². The van der Waals surface area contributed by atoms with Crippen molar-refractivity contribution in [1.82, 2.24) is 16.0 Å². The van der Waals surface area contributed by atoms with Gasteiger partial charge in [0, 0.05) is 33.2 Å². The maximum atomic E-state index is 11.3. The molecule has 0 rings (SSSR count). The van der Waals surface area contributed by atoms with Crippen LogP contribution in [0.15, 0.2) is 0 Å². The second kappa shape index (κ2) is 11.0. The topological polar surface area (TPSA) is 79.5 Å². The Labute approximate surface area is 109 Å². The highest BCUT2D eigenvalue weighted by molar-refractivity contribution is 5.80. The third-order valence-electron chi connectivity index (χ3n) is 2.15. The van der Waals surface area contributed by atoms with Gasteiger partial charge in [-0.2, -0.15) is 0 Å². The molecule has 0 aromatic heterocycles. The van der Waals surface area contributed by atoms with Crippen LogP contribution < -0.4 is 16.0 Å². The molecule has 0 atom stereocenters. The summed E-state index contributed by atoms with van der Waals surface area (Å²) < 4.78 is 4.84. The number of hydrogen-bond donors (Lipinski definition) is 3. The lowest BCUT2D eigenvalue weighted by Crippen LogP contribution is -2.37. The molecule has 2 amide bonds. The van der Waals surface area contributed by atoms with E-state index in [0.717, 1.165) is 0 Å². The Morgan fingerprint density at radius 2 is 1.83 bits per heavy atom. The minimum atomic E-state index is -0.109. The van der Waals surface area contributed by atoms with E-state index in [1.807, 2.05) is 13.8 Å². The molecule has 0 aromatic rings. The van der Waals surface area contributed by atoms with Crippen LogP contribution in [0.4, 0.5) is 0 Å². The van der Waals surface area contributed by atoms with Crippen LogP contribution in [-0.2, 0) is 14.3 Å². The summed E-state index contributed by atoms with van der Waals surface area (Å²) >= 11 is 0. The lowest BCUT2D eigenvalue weighted by molar-refractivity contribution is -0.122. The highest BCUT2D eigenvalue weighted by Gasteiger charge is 2.04. The van der Waals surface area contributed by atoms with Crippen LogP contribution in [-0.4, -0.2) is 51.7 Å². The second-order valence-electron chi connectivity index (χ2n) is 4.47. The van der Waals surface area contributed by atoms with E-state index >= 15 is 0 Å². The lowest BCUT2D eigenvalue weighted by Gasteiger charge is -2.08. The summed E-state index contributed by atoms with van der Waals surface area (Å²) in [5.74, 6) is 0.299. The molecule has 0 aromatic carbocycles. The molecular weight excluding hydrogens is 234 g/mol. The molecule has 0 aliphatic heterocycles. The second-order valence-corrected chi connectivity index (χ2v) is 4.47. The molecule has 0 bridgehead atoms. The Kier molecular flexibility index (Phi) is 10.3. The molecule has 0 fully saturated rings. The fourth-order valence-electron chi connectivity index (χ4n) is 1.16. The summed E-state index contributed by atoms with van der Waals surface area (Å²) in [4.78, 5) is 22.6. The van der Waals surface area contributed by atoms with E-state index in [0.29, 0.717) is 38.6 Å². The molecule has 0 saturated heterocycles. The quantitative estimate of drug-likeness (QED) is 0.462. The van der Waals surface area contributed by atoms with Crippen LogP contribution in [0.5, 0.6) is 0 Å². The van der Waals surface area contributed by atoms with Gasteiger partial charge in [0.15, 0.2) is 0 Å². The van der Waals surface area contributed by atoms with Crippen molar-refractivity contribution in [3.05, 3.63) is 0 Å². The van der Waals surface area contributed by atoms with Crippen LogP contribution in [0, 0.1) is 5.92 Å². The van der Waals surface area contributed by atoms with Gasteiger partial charge in [-0.25, -0.2) is 0 Å². The van der Waals surface area contributed by atoms with Gasteiger partial charge in [0.2, 0.25) is 11.8 Å². The monoisotopic (exact) mass is 259 g/mol. The lowest BCUT2D eigenvalue weighted by atomic mass is 10.2. The molecule has 18 heavy (non-hydrogen) atoms. The largest absolute Gasteiger partial charge is 0.383 e. The van der Waals surface area contributed by atoms with Crippen LogP contribution in [0.2, 0.25) is 0 Å². The van der Waals surface area contributed by atoms with E-state index in [2.05, 4.69) is 16.0 Å². The fraction of sp³-hybridized carbons (Fsp3) is 0.833. The predicted octanol–water partition coefficient (Wildman–Crippen LogP) is -0.499. The van der Waals surface area contributed by atoms with Crippen molar-refractivity contribution in [1.29, 1.82) is 0 Å². The maximum absolute atomic E-state index is 11.3. The first-order valence-corrected chi connectivity index (χ1v) is 6.29. The summed E-state index contributed by atoms with van der Waals surface area (Å²) in [6, 6.07) is 0. The van der Waals surface area contributed by atoms with E-state index in [1.54, 1.807) is 7.11 Å². The number of rotatable bonds is 10. The number of methoxy groups -OCH3 is 1. The highest BCUT2D eigenvalue weighted by Crippen LogP contribution is 1.87. The standard InChI is InChI=1S/C12H25N3O3/c1-10(2)8-15-11(16)4-5-14-12(17)9-13-6-7-18-3/h10,13H,4-9H2,1-3H3,(H,14,17)(H,15,16). The third kappa shape index (κ3) is 11.3. The van der Waals surface area contributed by atoms with E-state index in [4.69, 9.17) is 4.74 Å². The number of carbonyl (C=O) groups is 2. The first-order chi connectivity index (χ1) is 8.56. The molecule has 106 valence electrons. The average Bonchev–Trinajstić information content (AvgIpc) is 2.32. The van der Waals surface area contributed by atoms with Gasteiger partial charge in [-0.1, -0.05) is 13.8 Å². The molecule has 0 aliphatic rings. The normalized spacial score (nSPS) is 10.4. The molecule has 0 radical (unpaired) electrons. The van der Waals surface area contributed by atoms with Crippen molar-refractivity contribution < 1.29 is 14.3 Å². The van der Waals surface area contributed by atoms with E-state index < -0.39 is 0 Å². The van der Waals surface area contributed by atoms with Crippen molar-refractivity contribution in [3.8, 4) is 0 Å². The van der Waals surface area contributed by atoms with Gasteiger partial charge >= 0.3 is 0 Å². The van der Waals surface area contributed by atoms with Gasteiger partial charge in [0.1, 0.15) is 0 Å². The van der Waals surface area contributed by atoms with Gasteiger partial charge in [-0.15, -0.1) is 0 Å². The van der Waals surface area contributed by atoms with Crippen molar-refractivity contribution in [2.24, 2.45) is 5.92 Å². The Hall–Kier alpha value is -1.14. The number of amides is 2. The molecule has 0 heterocycles. The number of ether oxygens (including phenoxy) is 1.